The quantitative estimate of drug-likeness (QED) is 0.620. The third-order valence-electron chi connectivity index (χ3n) is 4.89. The Morgan fingerprint density at radius 2 is 1.68 bits per heavy atom. The van der Waals surface area contributed by atoms with Crippen LogP contribution in [0.2, 0.25) is 0 Å². The summed E-state index contributed by atoms with van der Waals surface area (Å²) in [6.45, 7) is 0.620. The van der Waals surface area contributed by atoms with Crippen molar-refractivity contribution < 1.29 is 9.59 Å². The van der Waals surface area contributed by atoms with E-state index in [1.807, 2.05) is 0 Å². The minimum absolute atomic E-state index is 0. The number of piperidine rings is 1. The van der Waals surface area contributed by atoms with Gasteiger partial charge in [-0.1, -0.05) is 0 Å². The van der Waals surface area contributed by atoms with Crippen LogP contribution < -0.4 is 16.0 Å². The number of nitrogens with one attached hydrogen (secondary N) is 3. The molecule has 2 heterocycles. The second kappa shape index (κ2) is 8.16. The number of hydrogen-bond donors (Lipinski definition) is 3. The maximum absolute atomic E-state index is 11.9. The Morgan fingerprint density at radius 1 is 1.00 bits per heavy atom. The van der Waals surface area contributed by atoms with Crippen molar-refractivity contribution in [1.82, 2.24) is 16.0 Å². The van der Waals surface area contributed by atoms with Crippen LogP contribution in [0.25, 0.3) is 0 Å². The molecule has 2 bridgehead atoms. The minimum atomic E-state index is 0. The average molecular weight is 330 g/mol. The van der Waals surface area contributed by atoms with Gasteiger partial charge in [0.15, 0.2) is 0 Å². The molecule has 0 spiro atoms. The van der Waals surface area contributed by atoms with Crippen LogP contribution in [0.15, 0.2) is 0 Å². The van der Waals surface area contributed by atoms with Gasteiger partial charge in [-0.05, 0) is 50.9 Å². The van der Waals surface area contributed by atoms with E-state index in [0.717, 1.165) is 32.1 Å². The fraction of sp³-hybridized carbons (Fsp3) is 0.875. The van der Waals surface area contributed by atoms with Gasteiger partial charge in [-0.2, -0.15) is 0 Å². The first-order chi connectivity index (χ1) is 10.2. The van der Waals surface area contributed by atoms with Crippen LogP contribution in [-0.2, 0) is 9.59 Å². The van der Waals surface area contributed by atoms with E-state index in [1.54, 1.807) is 0 Å². The second-order valence-corrected chi connectivity index (χ2v) is 6.97. The maximum atomic E-state index is 11.9. The molecule has 126 valence electrons. The van der Waals surface area contributed by atoms with Gasteiger partial charge in [-0.15, -0.1) is 12.4 Å². The number of fused-ring (bicyclic) bond motifs is 2. The first-order valence-electron chi connectivity index (χ1n) is 8.51. The van der Waals surface area contributed by atoms with Crippen LogP contribution in [0, 0.1) is 5.92 Å². The highest BCUT2D eigenvalue weighted by molar-refractivity contribution is 5.85. The lowest BCUT2D eigenvalue weighted by atomic mass is 9.89. The van der Waals surface area contributed by atoms with E-state index in [1.165, 1.54) is 12.8 Å². The molecule has 3 fully saturated rings. The predicted octanol–water partition coefficient (Wildman–Crippen LogP) is 1.50. The zero-order valence-electron chi connectivity index (χ0n) is 13.1. The molecule has 0 radical (unpaired) electrons. The average Bonchev–Trinajstić information content (AvgIpc) is 3.19. The zero-order chi connectivity index (χ0) is 14.7. The van der Waals surface area contributed by atoms with E-state index < -0.39 is 0 Å². The van der Waals surface area contributed by atoms with Gasteiger partial charge in [-0.3, -0.25) is 9.59 Å². The van der Waals surface area contributed by atoms with Gasteiger partial charge in [-0.25, -0.2) is 0 Å². The Labute approximate surface area is 138 Å². The number of carbonyl (C=O) groups is 2. The molecule has 0 aromatic carbocycles. The monoisotopic (exact) mass is 329 g/mol. The van der Waals surface area contributed by atoms with Gasteiger partial charge >= 0.3 is 0 Å². The van der Waals surface area contributed by atoms with Crippen LogP contribution in [0.1, 0.15) is 57.8 Å². The van der Waals surface area contributed by atoms with Crippen LogP contribution in [0.3, 0.4) is 0 Å². The van der Waals surface area contributed by atoms with Gasteiger partial charge in [0.25, 0.3) is 0 Å². The predicted molar refractivity (Wildman–Crippen MR) is 87.9 cm³/mol. The van der Waals surface area contributed by atoms with Crippen molar-refractivity contribution in [2.24, 2.45) is 5.92 Å². The number of halogens is 1. The standard InChI is InChI=1S/C16H27N3O2.ClH/c20-15(19-12-3-4-12)2-1-7-17-16(21)10-11-8-13-5-6-14(9-11)18-13;/h11-14,18H,1-10H2,(H,17,21)(H,19,20);1H. The summed E-state index contributed by atoms with van der Waals surface area (Å²) in [6.07, 6.45) is 9.01. The van der Waals surface area contributed by atoms with Gasteiger partial charge in [0.2, 0.25) is 11.8 Å². The van der Waals surface area contributed by atoms with Gasteiger partial charge in [0.05, 0.1) is 0 Å². The van der Waals surface area contributed by atoms with Gasteiger partial charge in [0.1, 0.15) is 0 Å². The van der Waals surface area contributed by atoms with Crippen molar-refractivity contribution >= 4 is 24.2 Å². The van der Waals surface area contributed by atoms with E-state index in [9.17, 15) is 9.59 Å². The molecule has 2 aliphatic heterocycles. The largest absolute Gasteiger partial charge is 0.356 e. The normalized spacial score (nSPS) is 29.5. The molecule has 0 aromatic rings. The number of amides is 2. The van der Waals surface area contributed by atoms with E-state index in [4.69, 9.17) is 0 Å². The first-order valence-corrected chi connectivity index (χ1v) is 8.51. The number of hydrogen-bond acceptors (Lipinski definition) is 3. The summed E-state index contributed by atoms with van der Waals surface area (Å²) in [5.74, 6) is 0.826. The highest BCUT2D eigenvalue weighted by atomic mass is 35.5. The first kappa shape index (κ1) is 17.5. The minimum Gasteiger partial charge on any atom is -0.356 e. The van der Waals surface area contributed by atoms with Crippen LogP contribution in [0.5, 0.6) is 0 Å². The van der Waals surface area contributed by atoms with E-state index >= 15 is 0 Å². The summed E-state index contributed by atoms with van der Waals surface area (Å²) in [5.41, 5.74) is 0. The lowest BCUT2D eigenvalue weighted by molar-refractivity contribution is -0.123. The number of rotatable bonds is 7. The fourth-order valence-corrected chi connectivity index (χ4v) is 3.68. The Hall–Kier alpha value is -0.810. The third-order valence-corrected chi connectivity index (χ3v) is 4.89. The Kier molecular flexibility index (Phi) is 6.50. The van der Waals surface area contributed by atoms with Crippen molar-refractivity contribution in [2.45, 2.75) is 75.9 Å². The topological polar surface area (TPSA) is 70.2 Å². The second-order valence-electron chi connectivity index (χ2n) is 6.97. The Balaban J connectivity index is 0.00000176. The van der Waals surface area contributed by atoms with Gasteiger partial charge in [0, 0.05) is 37.5 Å². The lowest BCUT2D eigenvalue weighted by Gasteiger charge is -2.28. The van der Waals surface area contributed by atoms with E-state index in [2.05, 4.69) is 16.0 Å². The van der Waals surface area contributed by atoms with Gasteiger partial charge < -0.3 is 16.0 Å². The van der Waals surface area contributed by atoms with E-state index in [0.29, 0.717) is 43.4 Å². The molecule has 3 N–H and O–H groups in total. The molecular formula is C16H28ClN3O2. The summed E-state index contributed by atoms with van der Waals surface area (Å²) < 4.78 is 0. The molecule has 2 atom stereocenters. The molecule has 3 rings (SSSR count). The molecule has 2 saturated heterocycles. The van der Waals surface area contributed by atoms with Crippen molar-refractivity contribution in [1.29, 1.82) is 0 Å². The highest BCUT2D eigenvalue weighted by Gasteiger charge is 2.34. The SMILES string of the molecule is Cl.O=C(CC1CC2CCC(C1)N2)NCCCC(=O)NC1CC1. The molecule has 1 saturated carbocycles. The summed E-state index contributed by atoms with van der Waals surface area (Å²) in [6, 6.07) is 1.72. The Bertz CT molecular complexity index is 389. The van der Waals surface area contributed by atoms with Crippen molar-refractivity contribution in [3.8, 4) is 0 Å². The highest BCUT2D eigenvalue weighted by Crippen LogP contribution is 2.32. The fourth-order valence-electron chi connectivity index (χ4n) is 3.68. The lowest BCUT2D eigenvalue weighted by Crippen LogP contribution is -2.39. The summed E-state index contributed by atoms with van der Waals surface area (Å²) in [7, 11) is 0. The molecule has 1 aliphatic carbocycles. The summed E-state index contributed by atoms with van der Waals surface area (Å²) in [5, 5.41) is 9.53. The van der Waals surface area contributed by atoms with E-state index in [-0.39, 0.29) is 24.2 Å². The zero-order valence-corrected chi connectivity index (χ0v) is 13.9. The van der Waals surface area contributed by atoms with Crippen molar-refractivity contribution in [3.05, 3.63) is 0 Å². The molecule has 0 aromatic heterocycles. The number of carbonyl (C=O) groups excluding carboxylic acids is 2. The summed E-state index contributed by atoms with van der Waals surface area (Å²) >= 11 is 0. The molecule has 3 aliphatic rings. The smallest absolute Gasteiger partial charge is 0.220 e. The van der Waals surface area contributed by atoms with Crippen LogP contribution >= 0.6 is 12.4 Å². The third kappa shape index (κ3) is 5.43. The van der Waals surface area contributed by atoms with Crippen molar-refractivity contribution in [2.75, 3.05) is 6.54 Å². The van der Waals surface area contributed by atoms with Crippen LogP contribution in [0.4, 0.5) is 0 Å². The molecular weight excluding hydrogens is 302 g/mol. The maximum Gasteiger partial charge on any atom is 0.220 e. The molecule has 5 nitrogen and oxygen atoms in total. The molecule has 22 heavy (non-hydrogen) atoms. The van der Waals surface area contributed by atoms with Crippen LogP contribution in [-0.4, -0.2) is 36.5 Å². The van der Waals surface area contributed by atoms with Crippen molar-refractivity contribution in [3.63, 3.8) is 0 Å². The summed E-state index contributed by atoms with van der Waals surface area (Å²) in [4.78, 5) is 23.4. The molecule has 2 amide bonds. The molecule has 6 heteroatoms. The molecule has 2 unspecified atom stereocenters. The Morgan fingerprint density at radius 3 is 2.32 bits per heavy atom.